The van der Waals surface area contributed by atoms with E-state index in [2.05, 4.69) is 38.4 Å². The van der Waals surface area contributed by atoms with E-state index >= 15 is 0 Å². The molecule has 1 amide bonds. The Balaban J connectivity index is 1.22. The number of hydrazone groups is 1. The van der Waals surface area contributed by atoms with Crippen LogP contribution in [0.15, 0.2) is 35.5 Å². The summed E-state index contributed by atoms with van der Waals surface area (Å²) in [6.45, 7) is 1.55. The monoisotopic (exact) mass is 457 g/mol. The number of phenolic OH excluding ortho intramolecular Hbond substituents is 1. The first-order chi connectivity index (χ1) is 15.5. The fourth-order valence-electron chi connectivity index (χ4n) is 4.81. The number of hydrogen-bond donors (Lipinski definition) is 4. The molecule has 2 fully saturated rings. The van der Waals surface area contributed by atoms with E-state index in [0.29, 0.717) is 40.7 Å². The van der Waals surface area contributed by atoms with Gasteiger partial charge in [0.2, 0.25) is 5.91 Å². The van der Waals surface area contributed by atoms with Crippen molar-refractivity contribution < 1.29 is 14.6 Å². The first-order valence-electron chi connectivity index (χ1n) is 11.2. The van der Waals surface area contributed by atoms with Gasteiger partial charge < -0.3 is 14.7 Å². The van der Waals surface area contributed by atoms with Crippen molar-refractivity contribution in [3.63, 3.8) is 0 Å². The zero-order chi connectivity index (χ0) is 22.5. The Morgan fingerprint density at radius 2 is 2.16 bits per heavy atom. The van der Waals surface area contributed by atoms with E-state index in [4.69, 9.17) is 17.0 Å². The lowest BCUT2D eigenvalue weighted by atomic mass is 10.0. The molecular formula is C23H31N5O3S. The first-order valence-corrected chi connectivity index (χ1v) is 11.6. The number of hydrogen-bond acceptors (Lipinski definition) is 6. The maximum atomic E-state index is 12.6. The van der Waals surface area contributed by atoms with Crippen LogP contribution in [-0.4, -0.2) is 53.5 Å². The number of likely N-dealkylation sites (tertiary alicyclic amines) is 1. The molecule has 1 aliphatic heterocycles. The molecule has 1 aromatic carbocycles. The third-order valence-electron chi connectivity index (χ3n) is 6.66. The van der Waals surface area contributed by atoms with Crippen LogP contribution in [-0.2, 0) is 4.79 Å². The number of nitrogens with zero attached hydrogens (tertiary/aromatic N) is 2. The second-order valence-electron chi connectivity index (χ2n) is 8.71. The van der Waals surface area contributed by atoms with Crippen LogP contribution in [0.2, 0.25) is 0 Å². The molecule has 8 nitrogen and oxygen atoms in total. The molecule has 1 heterocycles. The predicted molar refractivity (Wildman–Crippen MR) is 127 cm³/mol. The predicted octanol–water partition coefficient (Wildman–Crippen LogP) is 2.30. The Morgan fingerprint density at radius 3 is 2.91 bits per heavy atom. The molecule has 0 spiro atoms. The highest BCUT2D eigenvalue weighted by atomic mass is 32.1. The SMILES string of the molecule is COc1cccc(/C=N\NC(=O)[C@@H]2CCCN(C(=S)NN[C@@H]3C[C@H]4C=C[C@H]3C4)CC2)c1O. The normalized spacial score (nSPS) is 26.8. The Labute approximate surface area is 194 Å². The molecule has 2 aliphatic carbocycles. The van der Waals surface area contributed by atoms with Gasteiger partial charge in [-0.15, -0.1) is 0 Å². The Morgan fingerprint density at radius 1 is 1.28 bits per heavy atom. The number of methoxy groups -OCH3 is 1. The number of thiocarbonyl (C=S) groups is 1. The summed E-state index contributed by atoms with van der Waals surface area (Å²) < 4.78 is 5.08. The van der Waals surface area contributed by atoms with Crippen LogP contribution in [0.1, 0.15) is 37.7 Å². The van der Waals surface area contributed by atoms with E-state index < -0.39 is 0 Å². The number of para-hydroxylation sites is 1. The zero-order valence-corrected chi connectivity index (χ0v) is 19.1. The summed E-state index contributed by atoms with van der Waals surface area (Å²) in [5.41, 5.74) is 9.73. The minimum atomic E-state index is -0.123. The minimum absolute atomic E-state index is 0.00539. The van der Waals surface area contributed by atoms with Gasteiger partial charge in [0.05, 0.1) is 13.3 Å². The summed E-state index contributed by atoms with van der Waals surface area (Å²) in [5, 5.41) is 14.8. The quantitative estimate of drug-likeness (QED) is 0.225. The summed E-state index contributed by atoms with van der Waals surface area (Å²) in [7, 11) is 1.49. The van der Waals surface area contributed by atoms with Crippen molar-refractivity contribution in [3.05, 3.63) is 35.9 Å². The lowest BCUT2D eigenvalue weighted by Gasteiger charge is -2.27. The number of carbonyl (C=O) groups excluding carboxylic acids is 1. The first kappa shape index (κ1) is 22.5. The van der Waals surface area contributed by atoms with Crippen LogP contribution < -0.4 is 21.0 Å². The van der Waals surface area contributed by atoms with Crippen molar-refractivity contribution in [1.82, 2.24) is 21.2 Å². The third kappa shape index (κ3) is 5.21. The van der Waals surface area contributed by atoms with E-state index in [1.807, 2.05) is 0 Å². The van der Waals surface area contributed by atoms with Gasteiger partial charge in [0.1, 0.15) is 0 Å². The molecule has 4 N–H and O–H groups in total. The fraction of sp³-hybridized carbons (Fsp3) is 0.522. The summed E-state index contributed by atoms with van der Waals surface area (Å²) in [5.74, 6) is 1.43. The summed E-state index contributed by atoms with van der Waals surface area (Å²) >= 11 is 5.59. The van der Waals surface area contributed by atoms with Crippen molar-refractivity contribution in [2.24, 2.45) is 22.9 Å². The molecule has 3 aliphatic rings. The van der Waals surface area contributed by atoms with Crippen LogP contribution in [0.5, 0.6) is 11.5 Å². The number of nitrogens with one attached hydrogen (secondary N) is 3. The van der Waals surface area contributed by atoms with Crippen LogP contribution in [0.3, 0.4) is 0 Å². The average molecular weight is 458 g/mol. The minimum Gasteiger partial charge on any atom is -0.504 e. The van der Waals surface area contributed by atoms with Crippen molar-refractivity contribution in [3.8, 4) is 11.5 Å². The summed E-state index contributed by atoms with van der Waals surface area (Å²) in [6.07, 6.45) is 10.8. The molecule has 1 saturated heterocycles. The Bertz CT molecular complexity index is 906. The molecule has 9 heteroatoms. The number of hydrazine groups is 1. The van der Waals surface area contributed by atoms with Crippen LogP contribution >= 0.6 is 12.2 Å². The smallest absolute Gasteiger partial charge is 0.243 e. The van der Waals surface area contributed by atoms with Gasteiger partial charge in [0.25, 0.3) is 0 Å². The Kier molecular flexibility index (Phi) is 7.26. The summed E-state index contributed by atoms with van der Waals surface area (Å²) in [6, 6.07) is 5.55. The molecule has 0 unspecified atom stereocenters. The number of amides is 1. The van der Waals surface area contributed by atoms with Gasteiger partial charge in [0.15, 0.2) is 16.6 Å². The van der Waals surface area contributed by atoms with Gasteiger partial charge in [-0.05, 0) is 68.3 Å². The van der Waals surface area contributed by atoms with E-state index in [1.165, 1.54) is 19.7 Å². The van der Waals surface area contributed by atoms with Crippen molar-refractivity contribution in [2.75, 3.05) is 20.2 Å². The van der Waals surface area contributed by atoms with Gasteiger partial charge in [-0.25, -0.2) is 10.9 Å². The van der Waals surface area contributed by atoms with E-state index in [9.17, 15) is 9.90 Å². The highest BCUT2D eigenvalue weighted by molar-refractivity contribution is 7.80. The van der Waals surface area contributed by atoms with Gasteiger partial charge in [-0.2, -0.15) is 5.10 Å². The van der Waals surface area contributed by atoms with Gasteiger partial charge in [-0.3, -0.25) is 10.2 Å². The molecule has 0 radical (unpaired) electrons. The number of phenols is 1. The highest BCUT2D eigenvalue weighted by Gasteiger charge is 2.35. The van der Waals surface area contributed by atoms with E-state index in [0.717, 1.165) is 32.4 Å². The Hall–Kier alpha value is -2.65. The fourth-order valence-corrected chi connectivity index (χ4v) is 5.05. The number of ether oxygens (including phenoxy) is 1. The van der Waals surface area contributed by atoms with Crippen molar-refractivity contribution in [1.29, 1.82) is 0 Å². The summed E-state index contributed by atoms with van der Waals surface area (Å²) in [4.78, 5) is 14.7. The number of allylic oxidation sites excluding steroid dienone is 1. The molecule has 1 saturated carbocycles. The van der Waals surface area contributed by atoms with Crippen LogP contribution in [0.4, 0.5) is 0 Å². The second kappa shape index (κ2) is 10.3. The molecule has 0 aromatic heterocycles. The van der Waals surface area contributed by atoms with Gasteiger partial charge in [-0.1, -0.05) is 18.2 Å². The van der Waals surface area contributed by atoms with Crippen molar-refractivity contribution >= 4 is 29.5 Å². The van der Waals surface area contributed by atoms with E-state index in [1.54, 1.807) is 18.2 Å². The van der Waals surface area contributed by atoms with Crippen LogP contribution in [0, 0.1) is 17.8 Å². The lowest BCUT2D eigenvalue weighted by molar-refractivity contribution is -0.125. The zero-order valence-electron chi connectivity index (χ0n) is 18.3. The lowest BCUT2D eigenvalue weighted by Crippen LogP contribution is -2.51. The number of rotatable bonds is 6. The number of aromatic hydroxyl groups is 1. The molecule has 172 valence electrons. The second-order valence-corrected chi connectivity index (χ2v) is 9.10. The number of benzene rings is 1. The van der Waals surface area contributed by atoms with Crippen LogP contribution in [0.25, 0.3) is 0 Å². The maximum absolute atomic E-state index is 12.6. The highest BCUT2D eigenvalue weighted by Crippen LogP contribution is 2.38. The molecule has 2 bridgehead atoms. The molecule has 4 rings (SSSR count). The molecule has 4 atom stereocenters. The largest absolute Gasteiger partial charge is 0.504 e. The third-order valence-corrected chi connectivity index (χ3v) is 7.02. The average Bonchev–Trinajstić information content (AvgIpc) is 3.33. The standard InChI is InChI=1S/C23H31N5O3S/c1-31-20-6-2-4-18(21(20)29)14-24-26-22(30)16-5-3-10-28(11-9-16)23(32)27-25-19-13-15-7-8-17(19)12-15/h2,4,6-8,14-17,19,25,29H,3,5,9-13H2,1H3,(H,26,30)(H,27,32)/b24-14-/t15-,16+,17-,19+/m0/s1. The topological polar surface area (TPSA) is 98.2 Å². The van der Waals surface area contributed by atoms with Crippen molar-refractivity contribution in [2.45, 2.75) is 38.1 Å². The van der Waals surface area contributed by atoms with Gasteiger partial charge >= 0.3 is 0 Å². The van der Waals surface area contributed by atoms with E-state index in [-0.39, 0.29) is 17.6 Å². The maximum Gasteiger partial charge on any atom is 0.243 e. The molecule has 32 heavy (non-hydrogen) atoms. The number of carbonyl (C=O) groups is 1. The molecule has 1 aromatic rings. The van der Waals surface area contributed by atoms with Gasteiger partial charge in [0, 0.05) is 30.6 Å². The number of fused-ring (bicyclic) bond motifs is 2. The molecular weight excluding hydrogens is 426 g/mol.